The van der Waals surface area contributed by atoms with Crippen LogP contribution in [0.25, 0.3) is 10.1 Å². The summed E-state index contributed by atoms with van der Waals surface area (Å²) >= 11 is 1.64. The van der Waals surface area contributed by atoms with E-state index in [-0.39, 0.29) is 11.3 Å². The van der Waals surface area contributed by atoms with E-state index in [1.165, 1.54) is 4.70 Å². The molecule has 0 saturated carbocycles. The van der Waals surface area contributed by atoms with Gasteiger partial charge < -0.3 is 14.4 Å². The zero-order chi connectivity index (χ0) is 15.9. The van der Waals surface area contributed by atoms with Crippen LogP contribution in [0.4, 0.5) is 0 Å². The van der Waals surface area contributed by atoms with Crippen LogP contribution in [0.2, 0.25) is 0 Å². The summed E-state index contributed by atoms with van der Waals surface area (Å²) in [5.74, 6) is 0.538. The second-order valence-corrected chi connectivity index (χ2v) is 7.45. The molecule has 1 amide bonds. The van der Waals surface area contributed by atoms with Gasteiger partial charge in [-0.1, -0.05) is 18.2 Å². The summed E-state index contributed by atoms with van der Waals surface area (Å²) in [4.78, 5) is 15.0. The van der Waals surface area contributed by atoms with Crippen molar-refractivity contribution in [3.05, 3.63) is 35.2 Å². The van der Waals surface area contributed by atoms with Gasteiger partial charge in [0.15, 0.2) is 0 Å². The van der Waals surface area contributed by atoms with Crippen LogP contribution in [0.15, 0.2) is 29.6 Å². The first-order chi connectivity index (χ1) is 11.2. The molecule has 5 heteroatoms. The Labute approximate surface area is 140 Å². The van der Waals surface area contributed by atoms with Gasteiger partial charge in [-0.2, -0.15) is 0 Å². The van der Waals surface area contributed by atoms with E-state index in [0.29, 0.717) is 25.7 Å². The van der Waals surface area contributed by atoms with Crippen LogP contribution in [0, 0.1) is 11.3 Å². The molecule has 0 bridgehead atoms. The van der Waals surface area contributed by atoms with E-state index < -0.39 is 0 Å². The molecule has 2 aliphatic rings. The van der Waals surface area contributed by atoms with Crippen molar-refractivity contribution in [2.75, 3.05) is 39.5 Å². The maximum Gasteiger partial charge on any atom is 0.255 e. The molecule has 1 aromatic carbocycles. The Morgan fingerprint density at radius 1 is 1.48 bits per heavy atom. The van der Waals surface area contributed by atoms with E-state index >= 15 is 0 Å². The molecule has 0 spiro atoms. The first-order valence-corrected chi connectivity index (χ1v) is 9.02. The molecule has 0 radical (unpaired) electrons. The molecular weight excluding hydrogens is 310 g/mol. The summed E-state index contributed by atoms with van der Waals surface area (Å²) in [6.07, 6.45) is 0. The van der Waals surface area contributed by atoms with Gasteiger partial charge >= 0.3 is 0 Å². The summed E-state index contributed by atoms with van der Waals surface area (Å²) in [5, 5.41) is 3.06. The minimum atomic E-state index is -0.0164. The molecule has 3 heterocycles. The number of carbonyl (C=O) groups excluding carboxylic acids is 1. The molecule has 2 saturated heterocycles. The molecule has 2 fully saturated rings. The van der Waals surface area contributed by atoms with Crippen molar-refractivity contribution < 1.29 is 14.3 Å². The van der Waals surface area contributed by atoms with E-state index in [9.17, 15) is 4.79 Å². The number of ether oxygens (including phenoxy) is 2. The third-order valence-electron chi connectivity index (χ3n) is 5.11. The van der Waals surface area contributed by atoms with Gasteiger partial charge in [-0.05, 0) is 13.0 Å². The number of benzene rings is 1. The SMILES string of the molecule is CCOC[C@@]12COC[C@@H]1CN(C(=O)c1csc3ccccc13)C2. The maximum atomic E-state index is 13.0. The first kappa shape index (κ1) is 15.1. The summed E-state index contributed by atoms with van der Waals surface area (Å²) in [7, 11) is 0. The van der Waals surface area contributed by atoms with Gasteiger partial charge in [0, 0.05) is 46.5 Å². The fourth-order valence-corrected chi connectivity index (χ4v) is 4.74. The summed E-state index contributed by atoms with van der Waals surface area (Å²) in [5.41, 5.74) is 0.815. The molecule has 2 atom stereocenters. The molecular formula is C18H21NO3S. The van der Waals surface area contributed by atoms with Gasteiger partial charge in [0.25, 0.3) is 5.91 Å². The highest BCUT2D eigenvalue weighted by atomic mass is 32.1. The smallest absolute Gasteiger partial charge is 0.255 e. The summed E-state index contributed by atoms with van der Waals surface area (Å²) in [6.45, 7) is 6.35. The zero-order valence-corrected chi connectivity index (χ0v) is 14.1. The lowest BCUT2D eigenvalue weighted by molar-refractivity contribution is 0.0317. The van der Waals surface area contributed by atoms with Crippen LogP contribution in [0.3, 0.4) is 0 Å². The van der Waals surface area contributed by atoms with Crippen LogP contribution < -0.4 is 0 Å². The minimum absolute atomic E-state index is 0.0164. The van der Waals surface area contributed by atoms with Crippen molar-refractivity contribution in [1.82, 2.24) is 4.90 Å². The number of nitrogens with zero attached hydrogens (tertiary/aromatic N) is 1. The lowest BCUT2D eigenvalue weighted by Crippen LogP contribution is -2.37. The van der Waals surface area contributed by atoms with E-state index in [2.05, 4.69) is 6.07 Å². The van der Waals surface area contributed by atoms with Crippen molar-refractivity contribution in [3.63, 3.8) is 0 Å². The highest BCUT2D eigenvalue weighted by Gasteiger charge is 2.52. The van der Waals surface area contributed by atoms with E-state index in [4.69, 9.17) is 9.47 Å². The lowest BCUT2D eigenvalue weighted by Gasteiger charge is -2.26. The second kappa shape index (κ2) is 5.89. The number of thiophene rings is 1. The average molecular weight is 331 g/mol. The van der Waals surface area contributed by atoms with Gasteiger partial charge in [-0.25, -0.2) is 0 Å². The van der Waals surface area contributed by atoms with Crippen LogP contribution in [-0.4, -0.2) is 50.3 Å². The Kier molecular flexibility index (Phi) is 3.87. The minimum Gasteiger partial charge on any atom is -0.381 e. The van der Waals surface area contributed by atoms with E-state index in [1.54, 1.807) is 11.3 Å². The highest BCUT2D eigenvalue weighted by Crippen LogP contribution is 2.42. The van der Waals surface area contributed by atoms with Gasteiger partial charge in [0.1, 0.15) is 0 Å². The predicted octanol–water partition coefficient (Wildman–Crippen LogP) is 3.03. The molecule has 0 aliphatic carbocycles. The Morgan fingerprint density at radius 3 is 3.22 bits per heavy atom. The first-order valence-electron chi connectivity index (χ1n) is 8.14. The standard InChI is InChI=1S/C18H21NO3S/c1-2-21-11-18-10-19(7-13(18)8-22-12-18)17(20)15-9-23-16-6-4-3-5-14(15)16/h3-6,9,13H,2,7-8,10-12H2,1H3/t13-,18-/m0/s1. The summed E-state index contributed by atoms with van der Waals surface area (Å²) < 4.78 is 12.5. The van der Waals surface area contributed by atoms with Crippen molar-refractivity contribution in [2.45, 2.75) is 6.92 Å². The third kappa shape index (κ3) is 2.47. The molecule has 122 valence electrons. The molecule has 0 unspecified atom stereocenters. The van der Waals surface area contributed by atoms with Crippen molar-refractivity contribution in [3.8, 4) is 0 Å². The molecule has 4 nitrogen and oxygen atoms in total. The maximum absolute atomic E-state index is 13.0. The monoisotopic (exact) mass is 331 g/mol. The second-order valence-electron chi connectivity index (χ2n) is 6.54. The fraction of sp³-hybridized carbons (Fsp3) is 0.500. The van der Waals surface area contributed by atoms with Crippen molar-refractivity contribution >= 4 is 27.3 Å². The molecule has 2 aromatic rings. The number of carbonyl (C=O) groups is 1. The number of rotatable bonds is 4. The van der Waals surface area contributed by atoms with E-state index in [0.717, 1.165) is 30.6 Å². The van der Waals surface area contributed by atoms with Crippen LogP contribution in [0.5, 0.6) is 0 Å². The Bertz CT molecular complexity index is 728. The number of fused-ring (bicyclic) bond motifs is 2. The van der Waals surface area contributed by atoms with Crippen LogP contribution in [0.1, 0.15) is 17.3 Å². The lowest BCUT2D eigenvalue weighted by atomic mass is 9.82. The normalized spacial score (nSPS) is 26.8. The molecule has 1 aromatic heterocycles. The largest absolute Gasteiger partial charge is 0.381 e. The average Bonchev–Trinajstić information content (AvgIpc) is 3.24. The third-order valence-corrected chi connectivity index (χ3v) is 6.08. The summed E-state index contributed by atoms with van der Waals surface area (Å²) in [6, 6.07) is 8.12. The number of hydrogen-bond donors (Lipinski definition) is 0. The van der Waals surface area contributed by atoms with E-state index in [1.807, 2.05) is 35.4 Å². The van der Waals surface area contributed by atoms with Crippen molar-refractivity contribution in [1.29, 1.82) is 0 Å². The molecule has 4 rings (SSSR count). The van der Waals surface area contributed by atoms with Gasteiger partial charge in [-0.15, -0.1) is 11.3 Å². The Hall–Kier alpha value is -1.43. The zero-order valence-electron chi connectivity index (χ0n) is 13.3. The Morgan fingerprint density at radius 2 is 2.35 bits per heavy atom. The van der Waals surface area contributed by atoms with Crippen LogP contribution >= 0.6 is 11.3 Å². The van der Waals surface area contributed by atoms with Crippen LogP contribution in [-0.2, 0) is 9.47 Å². The van der Waals surface area contributed by atoms with Crippen molar-refractivity contribution in [2.24, 2.45) is 11.3 Å². The van der Waals surface area contributed by atoms with Gasteiger partial charge in [0.2, 0.25) is 0 Å². The molecule has 23 heavy (non-hydrogen) atoms. The van der Waals surface area contributed by atoms with Gasteiger partial charge in [0.05, 0.1) is 25.4 Å². The Balaban J connectivity index is 1.58. The fourth-order valence-electron chi connectivity index (χ4n) is 3.81. The molecule has 0 N–H and O–H groups in total. The number of hydrogen-bond acceptors (Lipinski definition) is 4. The predicted molar refractivity (Wildman–Crippen MR) is 91.0 cm³/mol. The highest BCUT2D eigenvalue weighted by molar-refractivity contribution is 7.17. The quantitative estimate of drug-likeness (QED) is 0.864. The number of likely N-dealkylation sites (tertiary alicyclic amines) is 1. The molecule has 2 aliphatic heterocycles. The topological polar surface area (TPSA) is 38.8 Å². The van der Waals surface area contributed by atoms with Gasteiger partial charge in [-0.3, -0.25) is 4.79 Å². The number of amides is 1.